The van der Waals surface area contributed by atoms with Crippen LogP contribution in [0.5, 0.6) is 0 Å². The Morgan fingerprint density at radius 1 is 0.952 bits per heavy atom. The van der Waals surface area contributed by atoms with Crippen molar-refractivity contribution in [1.82, 2.24) is 20.5 Å². The Bertz CT molecular complexity index is 692. The summed E-state index contributed by atoms with van der Waals surface area (Å²) >= 11 is 0. The number of aryl methyl sites for hydroxylation is 1. The normalized spacial score (nSPS) is 10.7. The summed E-state index contributed by atoms with van der Waals surface area (Å²) in [6, 6.07) is 12.0. The van der Waals surface area contributed by atoms with E-state index in [0.29, 0.717) is 18.3 Å². The monoisotopic (exact) mass is 280 g/mol. The van der Waals surface area contributed by atoms with Gasteiger partial charge in [-0.05, 0) is 36.8 Å². The Hall–Kier alpha value is -2.53. The Morgan fingerprint density at radius 2 is 1.71 bits per heavy atom. The Morgan fingerprint density at radius 3 is 2.48 bits per heavy atom. The molecule has 1 N–H and O–H groups in total. The molecule has 0 fully saturated rings. The van der Waals surface area contributed by atoms with Gasteiger partial charge in [-0.3, -0.25) is 4.98 Å². The van der Waals surface area contributed by atoms with Crippen LogP contribution in [0.1, 0.15) is 17.0 Å². The molecular formula is C16H16N4O. The van der Waals surface area contributed by atoms with E-state index in [9.17, 15) is 0 Å². The maximum absolute atomic E-state index is 5.65. The van der Waals surface area contributed by atoms with E-state index in [4.69, 9.17) is 4.42 Å². The first kappa shape index (κ1) is 13.5. The number of aromatic nitrogens is 3. The number of rotatable bonds is 5. The number of benzene rings is 1. The lowest BCUT2D eigenvalue weighted by Crippen LogP contribution is -2.12. The number of hydrogen-bond donors (Lipinski definition) is 1. The molecule has 0 saturated carbocycles. The Kier molecular flexibility index (Phi) is 4.02. The summed E-state index contributed by atoms with van der Waals surface area (Å²) in [7, 11) is 0. The van der Waals surface area contributed by atoms with Crippen molar-refractivity contribution in [1.29, 1.82) is 0 Å². The van der Waals surface area contributed by atoms with Crippen LogP contribution in [0.2, 0.25) is 0 Å². The van der Waals surface area contributed by atoms with Gasteiger partial charge in [-0.1, -0.05) is 17.7 Å². The molecule has 106 valence electrons. The van der Waals surface area contributed by atoms with Crippen molar-refractivity contribution in [3.63, 3.8) is 0 Å². The van der Waals surface area contributed by atoms with Gasteiger partial charge in [0.25, 0.3) is 0 Å². The fourth-order valence-corrected chi connectivity index (χ4v) is 1.95. The lowest BCUT2D eigenvalue weighted by molar-refractivity contribution is 0.477. The van der Waals surface area contributed by atoms with E-state index in [2.05, 4.69) is 20.5 Å². The molecule has 5 nitrogen and oxygen atoms in total. The molecule has 0 spiro atoms. The van der Waals surface area contributed by atoms with Crippen LogP contribution in [0.3, 0.4) is 0 Å². The molecule has 0 aliphatic rings. The number of pyridine rings is 1. The predicted octanol–water partition coefficient (Wildman–Crippen LogP) is 2.73. The summed E-state index contributed by atoms with van der Waals surface area (Å²) in [5, 5.41) is 11.4. The first-order valence-corrected chi connectivity index (χ1v) is 6.80. The minimum Gasteiger partial charge on any atom is -0.419 e. The topological polar surface area (TPSA) is 63.8 Å². The van der Waals surface area contributed by atoms with E-state index < -0.39 is 0 Å². The van der Waals surface area contributed by atoms with Gasteiger partial charge in [0.2, 0.25) is 11.8 Å². The second-order valence-corrected chi connectivity index (χ2v) is 4.83. The highest BCUT2D eigenvalue weighted by molar-refractivity contribution is 5.52. The minimum absolute atomic E-state index is 0.543. The smallest absolute Gasteiger partial charge is 0.247 e. The third-order valence-corrected chi connectivity index (χ3v) is 3.12. The van der Waals surface area contributed by atoms with Crippen molar-refractivity contribution in [2.24, 2.45) is 0 Å². The minimum atomic E-state index is 0.543. The SMILES string of the molecule is Cc1ccc(-c2nnc(CNCc3ccncc3)o2)cc1. The molecule has 0 aliphatic carbocycles. The Labute approximate surface area is 123 Å². The van der Waals surface area contributed by atoms with Gasteiger partial charge in [0, 0.05) is 24.5 Å². The maximum Gasteiger partial charge on any atom is 0.247 e. The second kappa shape index (κ2) is 6.28. The van der Waals surface area contributed by atoms with E-state index in [1.807, 2.05) is 43.3 Å². The second-order valence-electron chi connectivity index (χ2n) is 4.83. The van der Waals surface area contributed by atoms with Gasteiger partial charge >= 0.3 is 0 Å². The average molecular weight is 280 g/mol. The van der Waals surface area contributed by atoms with Gasteiger partial charge in [-0.15, -0.1) is 10.2 Å². The van der Waals surface area contributed by atoms with Crippen molar-refractivity contribution in [2.75, 3.05) is 0 Å². The van der Waals surface area contributed by atoms with Crippen LogP contribution in [-0.2, 0) is 13.1 Å². The third-order valence-electron chi connectivity index (χ3n) is 3.12. The molecular weight excluding hydrogens is 264 g/mol. The highest BCUT2D eigenvalue weighted by Gasteiger charge is 2.07. The van der Waals surface area contributed by atoms with Crippen LogP contribution in [0, 0.1) is 6.92 Å². The van der Waals surface area contributed by atoms with Crippen molar-refractivity contribution in [3.8, 4) is 11.5 Å². The van der Waals surface area contributed by atoms with E-state index in [1.165, 1.54) is 11.1 Å². The third kappa shape index (κ3) is 3.52. The lowest BCUT2D eigenvalue weighted by atomic mass is 10.1. The molecule has 1 aromatic carbocycles. The van der Waals surface area contributed by atoms with Gasteiger partial charge in [-0.2, -0.15) is 0 Å². The quantitative estimate of drug-likeness (QED) is 0.778. The van der Waals surface area contributed by atoms with Crippen LogP contribution >= 0.6 is 0 Å². The van der Waals surface area contributed by atoms with Gasteiger partial charge < -0.3 is 9.73 Å². The molecule has 0 bridgehead atoms. The predicted molar refractivity (Wildman–Crippen MR) is 79.3 cm³/mol. The number of nitrogens with zero attached hydrogens (tertiary/aromatic N) is 3. The van der Waals surface area contributed by atoms with Crippen LogP contribution in [0.25, 0.3) is 11.5 Å². The fourth-order valence-electron chi connectivity index (χ4n) is 1.95. The first-order valence-electron chi connectivity index (χ1n) is 6.80. The summed E-state index contributed by atoms with van der Waals surface area (Å²) in [5.74, 6) is 1.13. The highest BCUT2D eigenvalue weighted by atomic mass is 16.4. The zero-order valence-corrected chi connectivity index (χ0v) is 11.8. The van der Waals surface area contributed by atoms with Crippen molar-refractivity contribution in [2.45, 2.75) is 20.0 Å². The summed E-state index contributed by atoms with van der Waals surface area (Å²) in [6.07, 6.45) is 3.55. The molecule has 0 aliphatic heterocycles. The van der Waals surface area contributed by atoms with E-state index in [-0.39, 0.29) is 0 Å². The zero-order valence-electron chi connectivity index (χ0n) is 11.8. The van der Waals surface area contributed by atoms with Crippen LogP contribution in [-0.4, -0.2) is 15.2 Å². The van der Waals surface area contributed by atoms with Crippen molar-refractivity contribution < 1.29 is 4.42 Å². The number of hydrogen-bond acceptors (Lipinski definition) is 5. The summed E-state index contributed by atoms with van der Waals surface area (Å²) in [6.45, 7) is 3.33. The number of nitrogens with one attached hydrogen (secondary N) is 1. The molecule has 3 rings (SSSR count). The van der Waals surface area contributed by atoms with Crippen molar-refractivity contribution in [3.05, 3.63) is 65.8 Å². The zero-order chi connectivity index (χ0) is 14.5. The molecule has 5 heteroatoms. The largest absolute Gasteiger partial charge is 0.419 e. The summed E-state index contributed by atoms with van der Waals surface area (Å²) in [4.78, 5) is 3.99. The van der Waals surface area contributed by atoms with E-state index in [0.717, 1.165) is 12.1 Å². The average Bonchev–Trinajstić information content (AvgIpc) is 2.98. The van der Waals surface area contributed by atoms with Crippen LogP contribution < -0.4 is 5.32 Å². The molecule has 0 atom stereocenters. The Balaban J connectivity index is 1.59. The highest BCUT2D eigenvalue weighted by Crippen LogP contribution is 2.18. The first-order chi connectivity index (χ1) is 10.3. The molecule has 0 saturated heterocycles. The molecule has 2 aromatic heterocycles. The molecule has 21 heavy (non-hydrogen) atoms. The van der Waals surface area contributed by atoms with Gasteiger partial charge in [0.05, 0.1) is 6.54 Å². The molecule has 0 amide bonds. The lowest BCUT2D eigenvalue weighted by Gasteiger charge is -2.01. The van der Waals surface area contributed by atoms with Crippen LogP contribution in [0.15, 0.2) is 53.2 Å². The molecule has 3 aromatic rings. The standard InChI is InChI=1S/C16H16N4O/c1-12-2-4-14(5-3-12)16-20-19-15(21-16)11-18-10-13-6-8-17-9-7-13/h2-9,18H,10-11H2,1H3. The van der Waals surface area contributed by atoms with Crippen LogP contribution in [0.4, 0.5) is 0 Å². The maximum atomic E-state index is 5.65. The van der Waals surface area contributed by atoms with Gasteiger partial charge in [0.15, 0.2) is 0 Å². The van der Waals surface area contributed by atoms with E-state index >= 15 is 0 Å². The molecule has 0 radical (unpaired) electrons. The van der Waals surface area contributed by atoms with Crippen molar-refractivity contribution >= 4 is 0 Å². The fraction of sp³-hybridized carbons (Fsp3) is 0.188. The van der Waals surface area contributed by atoms with E-state index in [1.54, 1.807) is 12.4 Å². The molecule has 0 unspecified atom stereocenters. The molecule has 2 heterocycles. The summed E-state index contributed by atoms with van der Waals surface area (Å²) in [5.41, 5.74) is 3.31. The summed E-state index contributed by atoms with van der Waals surface area (Å²) < 4.78 is 5.65. The van der Waals surface area contributed by atoms with Gasteiger partial charge in [0.1, 0.15) is 0 Å². The van der Waals surface area contributed by atoms with Gasteiger partial charge in [-0.25, -0.2) is 0 Å².